The third kappa shape index (κ3) is 10.0. The molecule has 0 heterocycles. The Kier molecular flexibility index (Phi) is 6.11. The van der Waals surface area contributed by atoms with Crippen LogP contribution in [-0.4, -0.2) is 28.9 Å². The predicted octanol–water partition coefficient (Wildman–Crippen LogP) is 3.15. The molecule has 0 aliphatic carbocycles. The fourth-order valence-corrected chi connectivity index (χ4v) is 1.98. The van der Waals surface area contributed by atoms with Crippen molar-refractivity contribution in [2.45, 2.75) is 52.3 Å². The van der Waals surface area contributed by atoms with E-state index in [1.807, 2.05) is 6.92 Å². The van der Waals surface area contributed by atoms with Crippen LogP contribution in [0, 0.1) is 22.9 Å². The van der Waals surface area contributed by atoms with Crippen LogP contribution in [0.4, 0.5) is 0 Å². The van der Waals surface area contributed by atoms with Gasteiger partial charge in [0.1, 0.15) is 16.1 Å². The summed E-state index contributed by atoms with van der Waals surface area (Å²) in [6.45, 7) is 16.0. The molecule has 0 aliphatic heterocycles. The molecule has 0 N–H and O–H groups in total. The van der Waals surface area contributed by atoms with Crippen molar-refractivity contribution in [3.63, 3.8) is 0 Å². The SMILES string of the molecule is CCOC(C#C[Si](C)(C)C)C#C[Si](C)(C)C. The van der Waals surface area contributed by atoms with E-state index in [4.69, 9.17) is 4.74 Å². The normalized spacial score (nSPS) is 11.5. The highest BCUT2D eigenvalue weighted by molar-refractivity contribution is 6.84. The molecule has 0 fully saturated rings. The Morgan fingerprint density at radius 1 is 0.875 bits per heavy atom. The van der Waals surface area contributed by atoms with Crippen molar-refractivity contribution in [2.24, 2.45) is 0 Å². The van der Waals surface area contributed by atoms with Crippen molar-refractivity contribution < 1.29 is 4.74 Å². The second kappa shape index (κ2) is 6.30. The second-order valence-electron chi connectivity index (χ2n) is 5.87. The van der Waals surface area contributed by atoms with Gasteiger partial charge in [0, 0.05) is 6.61 Å². The molecule has 0 unspecified atom stereocenters. The van der Waals surface area contributed by atoms with Crippen molar-refractivity contribution in [3.05, 3.63) is 0 Å². The van der Waals surface area contributed by atoms with Gasteiger partial charge in [-0.25, -0.2) is 0 Å². The van der Waals surface area contributed by atoms with Gasteiger partial charge in [0.25, 0.3) is 0 Å². The highest BCUT2D eigenvalue weighted by atomic mass is 28.3. The minimum Gasteiger partial charge on any atom is -0.354 e. The lowest BCUT2D eigenvalue weighted by Crippen LogP contribution is -2.20. The van der Waals surface area contributed by atoms with Crippen LogP contribution >= 0.6 is 0 Å². The molecule has 0 aromatic heterocycles. The van der Waals surface area contributed by atoms with E-state index in [1.54, 1.807) is 0 Å². The average molecular weight is 253 g/mol. The molecule has 90 valence electrons. The van der Waals surface area contributed by atoms with E-state index in [9.17, 15) is 0 Å². The first-order valence-corrected chi connectivity index (χ1v) is 12.8. The Hall–Kier alpha value is -0.486. The van der Waals surface area contributed by atoms with Crippen LogP contribution in [0.5, 0.6) is 0 Å². The second-order valence-corrected chi connectivity index (χ2v) is 15.4. The van der Waals surface area contributed by atoms with Gasteiger partial charge in [0.05, 0.1) is 0 Å². The van der Waals surface area contributed by atoms with Crippen LogP contribution in [0.1, 0.15) is 6.92 Å². The summed E-state index contributed by atoms with van der Waals surface area (Å²) in [5, 5.41) is 0. The summed E-state index contributed by atoms with van der Waals surface area (Å²) in [4.78, 5) is 0. The van der Waals surface area contributed by atoms with E-state index >= 15 is 0 Å². The zero-order valence-corrected chi connectivity index (χ0v) is 13.7. The molecule has 0 bridgehead atoms. The molecule has 0 aromatic rings. The lowest BCUT2D eigenvalue weighted by Gasteiger charge is -2.08. The van der Waals surface area contributed by atoms with Gasteiger partial charge in [-0.3, -0.25) is 0 Å². The third-order valence-corrected chi connectivity index (χ3v) is 3.28. The maximum atomic E-state index is 5.53. The van der Waals surface area contributed by atoms with Gasteiger partial charge in [0.2, 0.25) is 0 Å². The summed E-state index contributed by atoms with van der Waals surface area (Å²) < 4.78 is 5.53. The van der Waals surface area contributed by atoms with Crippen molar-refractivity contribution in [1.29, 1.82) is 0 Å². The van der Waals surface area contributed by atoms with Crippen molar-refractivity contribution in [3.8, 4) is 22.9 Å². The minimum absolute atomic E-state index is 0.191. The van der Waals surface area contributed by atoms with Crippen LogP contribution in [0.2, 0.25) is 39.3 Å². The largest absolute Gasteiger partial charge is 0.354 e. The summed E-state index contributed by atoms with van der Waals surface area (Å²) >= 11 is 0. The Bertz CT molecular complexity index is 293. The van der Waals surface area contributed by atoms with E-state index in [0.717, 1.165) is 0 Å². The fraction of sp³-hybridized carbons (Fsp3) is 0.692. The van der Waals surface area contributed by atoms with E-state index < -0.39 is 16.1 Å². The molecule has 0 aromatic carbocycles. The highest BCUT2D eigenvalue weighted by Crippen LogP contribution is 2.00. The van der Waals surface area contributed by atoms with E-state index in [-0.39, 0.29) is 6.10 Å². The maximum Gasteiger partial charge on any atom is 0.178 e. The van der Waals surface area contributed by atoms with Gasteiger partial charge in [-0.05, 0) is 6.92 Å². The van der Waals surface area contributed by atoms with Crippen molar-refractivity contribution in [2.75, 3.05) is 6.61 Å². The molecule has 0 rings (SSSR count). The lowest BCUT2D eigenvalue weighted by atomic mass is 10.4. The summed E-state index contributed by atoms with van der Waals surface area (Å²) in [5.41, 5.74) is 6.64. The van der Waals surface area contributed by atoms with Crippen LogP contribution < -0.4 is 0 Å². The van der Waals surface area contributed by atoms with E-state index in [1.165, 1.54) is 0 Å². The lowest BCUT2D eigenvalue weighted by molar-refractivity contribution is 0.140. The predicted molar refractivity (Wildman–Crippen MR) is 77.7 cm³/mol. The molecule has 0 atom stereocenters. The Labute approximate surface area is 103 Å². The molecule has 3 heteroatoms. The van der Waals surface area contributed by atoms with Gasteiger partial charge < -0.3 is 4.74 Å². The van der Waals surface area contributed by atoms with Gasteiger partial charge in [-0.2, -0.15) is 0 Å². The molecule has 0 saturated carbocycles. The van der Waals surface area contributed by atoms with Crippen LogP contribution in [0.3, 0.4) is 0 Å². The van der Waals surface area contributed by atoms with E-state index in [0.29, 0.717) is 6.61 Å². The molecule has 0 amide bonds. The number of hydrogen-bond acceptors (Lipinski definition) is 1. The Morgan fingerprint density at radius 3 is 1.50 bits per heavy atom. The van der Waals surface area contributed by atoms with Crippen molar-refractivity contribution >= 4 is 16.1 Å². The standard InChI is InChI=1S/C13H24OSi2/c1-8-14-13(9-11-15(2,3)4)10-12-16(5,6)7/h13H,8H2,1-7H3. The van der Waals surface area contributed by atoms with Gasteiger partial charge in [-0.15, -0.1) is 11.1 Å². The van der Waals surface area contributed by atoms with Gasteiger partial charge in [-0.1, -0.05) is 51.1 Å². The summed E-state index contributed by atoms with van der Waals surface area (Å²) in [7, 11) is -2.64. The summed E-state index contributed by atoms with van der Waals surface area (Å²) in [5.74, 6) is 6.34. The topological polar surface area (TPSA) is 9.23 Å². The molecule has 1 nitrogen and oxygen atoms in total. The smallest absolute Gasteiger partial charge is 0.178 e. The number of hydrogen-bond donors (Lipinski definition) is 0. The first-order valence-electron chi connectivity index (χ1n) is 5.81. The average Bonchev–Trinajstić information content (AvgIpc) is 2.07. The zero-order chi connectivity index (χ0) is 12.8. The summed E-state index contributed by atoms with van der Waals surface area (Å²) in [6, 6.07) is 0. The Balaban J connectivity index is 4.73. The van der Waals surface area contributed by atoms with Gasteiger partial charge in [0.15, 0.2) is 6.10 Å². The van der Waals surface area contributed by atoms with Crippen LogP contribution in [-0.2, 0) is 4.74 Å². The monoisotopic (exact) mass is 252 g/mol. The fourth-order valence-electron chi connectivity index (χ4n) is 0.850. The van der Waals surface area contributed by atoms with Crippen LogP contribution in [0.15, 0.2) is 0 Å². The zero-order valence-electron chi connectivity index (χ0n) is 11.7. The molecule has 0 saturated heterocycles. The highest BCUT2D eigenvalue weighted by Gasteiger charge is 2.11. The van der Waals surface area contributed by atoms with E-state index in [2.05, 4.69) is 62.2 Å². The molecule has 0 spiro atoms. The third-order valence-electron chi connectivity index (χ3n) is 1.49. The molecule has 0 aliphatic rings. The summed E-state index contributed by atoms with van der Waals surface area (Å²) in [6.07, 6.45) is -0.191. The first-order chi connectivity index (χ1) is 7.14. The number of rotatable bonds is 2. The maximum absolute atomic E-state index is 5.53. The van der Waals surface area contributed by atoms with Crippen molar-refractivity contribution in [1.82, 2.24) is 0 Å². The van der Waals surface area contributed by atoms with Crippen LogP contribution in [0.25, 0.3) is 0 Å². The minimum atomic E-state index is -1.32. The molecule has 16 heavy (non-hydrogen) atoms. The first kappa shape index (κ1) is 15.5. The quantitative estimate of drug-likeness (QED) is 0.542. The molecular weight excluding hydrogens is 228 g/mol. The molecular formula is C13H24OSi2. The number of ether oxygens (including phenoxy) is 1. The Morgan fingerprint density at radius 2 is 1.25 bits per heavy atom. The van der Waals surface area contributed by atoms with Gasteiger partial charge >= 0.3 is 0 Å². The molecule has 0 radical (unpaired) electrons.